The monoisotopic (exact) mass is 263 g/mol. The van der Waals surface area contributed by atoms with Gasteiger partial charge in [-0.2, -0.15) is 0 Å². The number of nitro benzene ring substituents is 1. The minimum absolute atomic E-state index is 0.128. The van der Waals surface area contributed by atoms with Crippen molar-refractivity contribution in [2.45, 2.75) is 24.8 Å². The second kappa shape index (κ2) is 4.20. The molecule has 18 heavy (non-hydrogen) atoms. The standard InChI is InChI=1S/C12H13N3O2S/c1-8-6-12-14(4-5-18-12)11-3-2-9(15(16)17)7-10(11)13-8/h2-5,7-8,12-13H,6H2,1H3. The fraction of sp³-hybridized carbons (Fsp3) is 0.333. The highest BCUT2D eigenvalue weighted by Gasteiger charge is 2.29. The Balaban J connectivity index is 2.07. The van der Waals surface area contributed by atoms with Crippen LogP contribution >= 0.6 is 11.8 Å². The molecule has 6 heteroatoms. The maximum Gasteiger partial charge on any atom is 0.271 e. The first-order valence-electron chi connectivity index (χ1n) is 5.80. The van der Waals surface area contributed by atoms with Crippen molar-refractivity contribution in [3.05, 3.63) is 39.9 Å². The largest absolute Gasteiger partial charge is 0.381 e. The van der Waals surface area contributed by atoms with Gasteiger partial charge >= 0.3 is 0 Å². The van der Waals surface area contributed by atoms with Crippen molar-refractivity contribution in [2.24, 2.45) is 0 Å². The van der Waals surface area contributed by atoms with E-state index in [4.69, 9.17) is 0 Å². The average Bonchev–Trinajstić information content (AvgIpc) is 2.71. The third kappa shape index (κ3) is 1.82. The topological polar surface area (TPSA) is 58.4 Å². The number of hydrogen-bond acceptors (Lipinski definition) is 5. The van der Waals surface area contributed by atoms with E-state index >= 15 is 0 Å². The van der Waals surface area contributed by atoms with E-state index in [-0.39, 0.29) is 10.6 Å². The Morgan fingerprint density at radius 2 is 2.39 bits per heavy atom. The Morgan fingerprint density at radius 1 is 1.56 bits per heavy atom. The van der Waals surface area contributed by atoms with E-state index in [0.29, 0.717) is 11.4 Å². The summed E-state index contributed by atoms with van der Waals surface area (Å²) in [6, 6.07) is 5.30. The predicted octanol–water partition coefficient (Wildman–Crippen LogP) is 3.15. The van der Waals surface area contributed by atoms with Gasteiger partial charge in [-0.05, 0) is 24.8 Å². The van der Waals surface area contributed by atoms with Gasteiger partial charge in [-0.3, -0.25) is 10.1 Å². The zero-order valence-electron chi connectivity index (χ0n) is 9.87. The summed E-state index contributed by atoms with van der Waals surface area (Å²) < 4.78 is 0. The molecule has 0 saturated heterocycles. The molecule has 94 valence electrons. The fourth-order valence-corrected chi connectivity index (χ4v) is 3.46. The summed E-state index contributed by atoms with van der Waals surface area (Å²) in [5.41, 5.74) is 1.98. The van der Waals surface area contributed by atoms with Gasteiger partial charge < -0.3 is 10.2 Å². The van der Waals surface area contributed by atoms with Gasteiger partial charge in [0.15, 0.2) is 0 Å². The van der Waals surface area contributed by atoms with Crippen LogP contribution in [0, 0.1) is 10.1 Å². The number of rotatable bonds is 1. The van der Waals surface area contributed by atoms with Crippen LogP contribution in [0.1, 0.15) is 13.3 Å². The maximum atomic E-state index is 10.8. The summed E-state index contributed by atoms with van der Waals surface area (Å²) in [6.45, 7) is 2.10. The van der Waals surface area contributed by atoms with Crippen molar-refractivity contribution in [1.29, 1.82) is 0 Å². The molecule has 3 rings (SSSR count). The Labute approximate surface area is 109 Å². The summed E-state index contributed by atoms with van der Waals surface area (Å²) in [4.78, 5) is 12.7. The van der Waals surface area contributed by atoms with Crippen LogP contribution in [0.3, 0.4) is 0 Å². The lowest BCUT2D eigenvalue weighted by molar-refractivity contribution is -0.384. The molecule has 1 aromatic carbocycles. The SMILES string of the molecule is CC1CC2SC=CN2c2ccc([N+](=O)[O-])cc2N1. The summed E-state index contributed by atoms with van der Waals surface area (Å²) in [7, 11) is 0. The van der Waals surface area contributed by atoms with Crippen molar-refractivity contribution >= 4 is 28.8 Å². The van der Waals surface area contributed by atoms with E-state index in [0.717, 1.165) is 17.8 Å². The Hall–Kier alpha value is -1.69. The lowest BCUT2D eigenvalue weighted by atomic mass is 10.2. The van der Waals surface area contributed by atoms with Crippen LogP contribution in [0.15, 0.2) is 29.8 Å². The number of anilines is 2. The Kier molecular flexibility index (Phi) is 2.66. The molecule has 5 nitrogen and oxygen atoms in total. The molecular weight excluding hydrogens is 250 g/mol. The lowest BCUT2D eigenvalue weighted by Gasteiger charge is -2.23. The van der Waals surface area contributed by atoms with Crippen molar-refractivity contribution in [3.63, 3.8) is 0 Å². The number of nitrogens with zero attached hydrogens (tertiary/aromatic N) is 2. The van der Waals surface area contributed by atoms with E-state index < -0.39 is 0 Å². The zero-order valence-corrected chi connectivity index (χ0v) is 10.7. The van der Waals surface area contributed by atoms with Crippen molar-refractivity contribution < 1.29 is 4.92 Å². The van der Waals surface area contributed by atoms with Gasteiger partial charge in [0.2, 0.25) is 0 Å². The first-order chi connectivity index (χ1) is 8.65. The molecule has 0 bridgehead atoms. The van der Waals surface area contributed by atoms with Gasteiger partial charge in [-0.1, -0.05) is 0 Å². The molecule has 2 heterocycles. The number of thioether (sulfide) groups is 1. The van der Waals surface area contributed by atoms with E-state index in [1.54, 1.807) is 23.9 Å². The van der Waals surface area contributed by atoms with E-state index in [2.05, 4.69) is 22.5 Å². The maximum absolute atomic E-state index is 10.8. The minimum Gasteiger partial charge on any atom is -0.381 e. The van der Waals surface area contributed by atoms with E-state index in [1.165, 1.54) is 0 Å². The Morgan fingerprint density at radius 3 is 3.17 bits per heavy atom. The molecule has 0 radical (unpaired) electrons. The highest BCUT2D eigenvalue weighted by atomic mass is 32.2. The predicted molar refractivity (Wildman–Crippen MR) is 73.8 cm³/mol. The van der Waals surface area contributed by atoms with Crippen LogP contribution in [-0.2, 0) is 0 Å². The molecule has 2 aliphatic rings. The van der Waals surface area contributed by atoms with Crippen LogP contribution in [0.5, 0.6) is 0 Å². The molecule has 2 aliphatic heterocycles. The van der Waals surface area contributed by atoms with Crippen LogP contribution in [0.2, 0.25) is 0 Å². The molecule has 1 aromatic rings. The summed E-state index contributed by atoms with van der Waals surface area (Å²) >= 11 is 1.79. The summed E-state index contributed by atoms with van der Waals surface area (Å²) in [5.74, 6) is 0. The smallest absolute Gasteiger partial charge is 0.271 e. The second-order valence-electron chi connectivity index (χ2n) is 4.52. The van der Waals surface area contributed by atoms with Gasteiger partial charge in [0.25, 0.3) is 5.69 Å². The average molecular weight is 263 g/mol. The van der Waals surface area contributed by atoms with Gasteiger partial charge in [0, 0.05) is 24.4 Å². The van der Waals surface area contributed by atoms with Crippen molar-refractivity contribution in [2.75, 3.05) is 10.2 Å². The summed E-state index contributed by atoms with van der Waals surface area (Å²) in [5, 5.41) is 16.6. The number of benzene rings is 1. The summed E-state index contributed by atoms with van der Waals surface area (Å²) in [6.07, 6.45) is 3.04. The molecule has 0 spiro atoms. The second-order valence-corrected chi connectivity index (χ2v) is 5.61. The molecule has 2 atom stereocenters. The van der Waals surface area contributed by atoms with E-state index in [1.807, 2.05) is 12.3 Å². The molecule has 2 unspecified atom stereocenters. The van der Waals surface area contributed by atoms with Gasteiger partial charge in [0.05, 0.1) is 21.7 Å². The molecule has 0 aromatic heterocycles. The van der Waals surface area contributed by atoms with Gasteiger partial charge in [0.1, 0.15) is 0 Å². The molecular formula is C12H13N3O2S. The number of fused-ring (bicyclic) bond motifs is 3. The van der Waals surface area contributed by atoms with Crippen molar-refractivity contribution in [1.82, 2.24) is 0 Å². The number of nitrogens with one attached hydrogen (secondary N) is 1. The molecule has 0 fully saturated rings. The number of hydrogen-bond donors (Lipinski definition) is 1. The van der Waals surface area contributed by atoms with Gasteiger partial charge in [-0.25, -0.2) is 0 Å². The first kappa shape index (κ1) is 11.4. The quantitative estimate of drug-likeness (QED) is 0.623. The number of nitro groups is 1. The molecule has 0 aliphatic carbocycles. The number of non-ortho nitro benzene ring substituents is 1. The third-order valence-corrected chi connectivity index (χ3v) is 4.21. The fourth-order valence-electron chi connectivity index (χ4n) is 2.36. The van der Waals surface area contributed by atoms with Crippen LogP contribution in [0.25, 0.3) is 0 Å². The highest BCUT2D eigenvalue weighted by Crippen LogP contribution is 2.41. The van der Waals surface area contributed by atoms with Crippen molar-refractivity contribution in [3.8, 4) is 0 Å². The van der Waals surface area contributed by atoms with E-state index in [9.17, 15) is 10.1 Å². The van der Waals surface area contributed by atoms with Crippen LogP contribution in [-0.4, -0.2) is 16.3 Å². The van der Waals surface area contributed by atoms with Gasteiger partial charge in [-0.15, -0.1) is 11.8 Å². The minimum atomic E-state index is -0.358. The zero-order chi connectivity index (χ0) is 12.7. The first-order valence-corrected chi connectivity index (χ1v) is 6.75. The molecule has 0 amide bonds. The molecule has 1 N–H and O–H groups in total. The van der Waals surface area contributed by atoms with Crippen LogP contribution in [0.4, 0.5) is 17.1 Å². The van der Waals surface area contributed by atoms with Crippen LogP contribution < -0.4 is 10.2 Å². The normalized spacial score (nSPS) is 25.1. The highest BCUT2D eigenvalue weighted by molar-refractivity contribution is 8.03. The Bertz CT molecular complexity index is 532. The third-order valence-electron chi connectivity index (χ3n) is 3.19. The lowest BCUT2D eigenvalue weighted by Crippen LogP contribution is -2.26. The molecule has 0 saturated carbocycles.